The molecule has 0 aromatic heterocycles. The van der Waals surface area contributed by atoms with Gasteiger partial charge in [-0.1, -0.05) is 36.4 Å². The number of hydrogen-bond donors (Lipinski definition) is 0. The van der Waals surface area contributed by atoms with Gasteiger partial charge in [0.05, 0.1) is 13.1 Å². The number of benzene rings is 2. The summed E-state index contributed by atoms with van der Waals surface area (Å²) < 4.78 is 33.9. The second-order valence-corrected chi connectivity index (χ2v) is 4.50. The third kappa shape index (κ3) is 4.29. The highest BCUT2D eigenvalue weighted by atomic mass is 19.3. The number of aliphatic carboxylic acids is 1. The Bertz CT molecular complexity index is 712. The van der Waals surface area contributed by atoms with Gasteiger partial charge in [-0.15, -0.1) is 0 Å². The lowest BCUT2D eigenvalue weighted by atomic mass is 10.0. The zero-order valence-electron chi connectivity index (χ0n) is 12.2. The molecule has 2 aromatic rings. The van der Waals surface area contributed by atoms with Crippen molar-refractivity contribution in [1.29, 1.82) is 0 Å². The van der Waals surface area contributed by atoms with Crippen LogP contribution in [0.15, 0.2) is 48.5 Å². The second-order valence-electron chi connectivity index (χ2n) is 4.50. The fourth-order valence-corrected chi connectivity index (χ4v) is 2.01. The number of carbonyl (C=O) groups excluding carboxylic acids is 1. The number of carboxylic acids is 1. The van der Waals surface area contributed by atoms with Crippen LogP contribution in [-0.4, -0.2) is 19.7 Å². The molecule has 0 atom stereocenters. The van der Waals surface area contributed by atoms with Crippen molar-refractivity contribution in [2.45, 2.75) is 6.61 Å². The average Bonchev–Trinajstić information content (AvgIpc) is 2.53. The molecule has 0 heterocycles. The first-order valence-corrected chi connectivity index (χ1v) is 6.62. The van der Waals surface area contributed by atoms with Gasteiger partial charge in [0.15, 0.2) is 11.5 Å². The van der Waals surface area contributed by atoms with Crippen molar-refractivity contribution in [2.24, 2.45) is 0 Å². The van der Waals surface area contributed by atoms with Crippen LogP contribution in [-0.2, 0) is 4.79 Å². The number of carboxylic acid groups (broad SMARTS) is 1. The summed E-state index contributed by atoms with van der Waals surface area (Å²) >= 11 is 0. The minimum absolute atomic E-state index is 0.0322. The highest BCUT2D eigenvalue weighted by molar-refractivity contribution is 6.19. The van der Waals surface area contributed by atoms with E-state index in [0.29, 0.717) is 11.1 Å². The quantitative estimate of drug-likeness (QED) is 0.606. The molecule has 0 aliphatic carbocycles. The van der Waals surface area contributed by atoms with Crippen LogP contribution in [0.25, 0.3) is 11.6 Å². The summed E-state index contributed by atoms with van der Waals surface area (Å²) in [7, 11) is 1.30. The largest absolute Gasteiger partial charge is 0.545 e. The number of halogens is 2. The molecule has 2 rings (SSSR count). The summed E-state index contributed by atoms with van der Waals surface area (Å²) in [5.41, 5.74) is 0.890. The molecule has 2 aromatic carbocycles. The molecular formula is C17H13F2O4-. The summed E-state index contributed by atoms with van der Waals surface area (Å²) in [6.07, 6.45) is 1.37. The van der Waals surface area contributed by atoms with Crippen LogP contribution < -0.4 is 14.6 Å². The maximum Gasteiger partial charge on any atom is 0.387 e. The van der Waals surface area contributed by atoms with E-state index in [9.17, 15) is 18.7 Å². The number of methoxy groups -OCH3 is 1. The maximum atomic E-state index is 12.3. The molecule has 0 spiro atoms. The first-order valence-electron chi connectivity index (χ1n) is 6.62. The molecule has 0 N–H and O–H groups in total. The monoisotopic (exact) mass is 319 g/mol. The fraction of sp³-hybridized carbons (Fsp3) is 0.118. The standard InChI is InChI=1S/C17H14F2O4/c1-22-15-10-11(7-8-14(15)23-17(18)19)9-13(16(20)21)12-5-3-2-4-6-12/h2-10,17H,1H3,(H,20,21)/p-1/b13-9+. The fourth-order valence-electron chi connectivity index (χ4n) is 2.01. The lowest BCUT2D eigenvalue weighted by Gasteiger charge is -2.12. The van der Waals surface area contributed by atoms with E-state index in [0.717, 1.165) is 0 Å². The molecule has 23 heavy (non-hydrogen) atoms. The molecule has 120 valence electrons. The minimum atomic E-state index is -2.98. The molecule has 0 amide bonds. The predicted molar refractivity (Wildman–Crippen MR) is 78.9 cm³/mol. The highest BCUT2D eigenvalue weighted by Crippen LogP contribution is 2.31. The summed E-state index contributed by atoms with van der Waals surface area (Å²) in [4.78, 5) is 11.3. The summed E-state index contributed by atoms with van der Waals surface area (Å²) in [5.74, 6) is -1.40. The Hall–Kier alpha value is -2.89. The minimum Gasteiger partial charge on any atom is -0.545 e. The SMILES string of the molecule is COc1cc(/C=C(/C(=O)[O-])c2ccccc2)ccc1OC(F)F. The lowest BCUT2D eigenvalue weighted by Crippen LogP contribution is -2.23. The van der Waals surface area contributed by atoms with E-state index >= 15 is 0 Å². The molecule has 0 saturated heterocycles. The molecular weight excluding hydrogens is 306 g/mol. The van der Waals surface area contributed by atoms with Crippen LogP contribution in [0.1, 0.15) is 11.1 Å². The van der Waals surface area contributed by atoms with Gasteiger partial charge in [-0.25, -0.2) is 0 Å². The topological polar surface area (TPSA) is 58.6 Å². The van der Waals surface area contributed by atoms with Gasteiger partial charge in [0, 0.05) is 5.57 Å². The number of carbonyl (C=O) groups is 1. The molecule has 6 heteroatoms. The molecule has 0 aliphatic rings. The smallest absolute Gasteiger partial charge is 0.387 e. The molecule has 0 bridgehead atoms. The Morgan fingerprint density at radius 2 is 1.83 bits per heavy atom. The summed E-state index contributed by atoms with van der Waals surface area (Å²) in [5, 5.41) is 11.3. The van der Waals surface area contributed by atoms with Gasteiger partial charge in [-0.2, -0.15) is 8.78 Å². The van der Waals surface area contributed by atoms with Crippen molar-refractivity contribution >= 4 is 17.6 Å². The predicted octanol–water partition coefficient (Wildman–Crippen LogP) is 2.59. The summed E-state index contributed by atoms with van der Waals surface area (Å²) in [6.45, 7) is -2.98. The highest BCUT2D eigenvalue weighted by Gasteiger charge is 2.11. The Morgan fingerprint density at radius 1 is 1.13 bits per heavy atom. The first kappa shape index (κ1) is 16.5. The van der Waals surface area contributed by atoms with Crippen LogP contribution >= 0.6 is 0 Å². The Labute approximate surface area is 131 Å². The molecule has 0 aliphatic heterocycles. The van der Waals surface area contributed by atoms with Crippen LogP contribution in [0.4, 0.5) is 8.78 Å². The van der Waals surface area contributed by atoms with Gasteiger partial charge < -0.3 is 19.4 Å². The van der Waals surface area contributed by atoms with Crippen LogP contribution in [0.5, 0.6) is 11.5 Å². The van der Waals surface area contributed by atoms with Crippen molar-refractivity contribution in [3.05, 3.63) is 59.7 Å². The van der Waals surface area contributed by atoms with Gasteiger partial charge >= 0.3 is 6.61 Å². The van der Waals surface area contributed by atoms with Gasteiger partial charge in [-0.05, 0) is 29.3 Å². The van der Waals surface area contributed by atoms with Gasteiger partial charge in [0.2, 0.25) is 0 Å². The zero-order chi connectivity index (χ0) is 16.8. The number of hydrogen-bond acceptors (Lipinski definition) is 4. The first-order chi connectivity index (χ1) is 11.0. The van der Waals surface area contributed by atoms with Gasteiger partial charge in [0.1, 0.15) is 0 Å². The van der Waals surface area contributed by atoms with Gasteiger partial charge in [0.25, 0.3) is 0 Å². The van der Waals surface area contributed by atoms with Crippen LogP contribution in [0.2, 0.25) is 0 Å². The zero-order valence-corrected chi connectivity index (χ0v) is 12.2. The maximum absolute atomic E-state index is 12.3. The Balaban J connectivity index is 2.42. The van der Waals surface area contributed by atoms with Crippen LogP contribution in [0, 0.1) is 0 Å². The molecule has 0 saturated carbocycles. The molecule has 0 unspecified atom stereocenters. The lowest BCUT2D eigenvalue weighted by molar-refractivity contribution is -0.295. The Kier molecular flexibility index (Phi) is 5.30. The van der Waals surface area contributed by atoms with E-state index in [1.54, 1.807) is 30.3 Å². The number of alkyl halides is 2. The third-order valence-corrected chi connectivity index (χ3v) is 3.02. The van der Waals surface area contributed by atoms with E-state index in [2.05, 4.69) is 4.74 Å². The third-order valence-electron chi connectivity index (χ3n) is 3.02. The van der Waals surface area contributed by atoms with Crippen molar-refractivity contribution in [1.82, 2.24) is 0 Å². The van der Waals surface area contributed by atoms with E-state index in [4.69, 9.17) is 4.74 Å². The number of rotatable bonds is 6. The Morgan fingerprint density at radius 3 is 2.39 bits per heavy atom. The molecule has 0 radical (unpaired) electrons. The van der Waals surface area contributed by atoms with Crippen LogP contribution in [0.3, 0.4) is 0 Å². The molecule has 0 fully saturated rings. The van der Waals surface area contributed by atoms with Gasteiger partial charge in [-0.3, -0.25) is 0 Å². The van der Waals surface area contributed by atoms with Crippen molar-refractivity contribution in [3.63, 3.8) is 0 Å². The molecule has 4 nitrogen and oxygen atoms in total. The van der Waals surface area contributed by atoms with Crippen molar-refractivity contribution in [2.75, 3.05) is 7.11 Å². The van der Waals surface area contributed by atoms with E-state index in [1.807, 2.05) is 0 Å². The van der Waals surface area contributed by atoms with E-state index in [1.165, 1.54) is 31.4 Å². The normalized spacial score (nSPS) is 11.4. The van der Waals surface area contributed by atoms with E-state index in [-0.39, 0.29) is 17.1 Å². The second kappa shape index (κ2) is 7.40. The van der Waals surface area contributed by atoms with Crippen molar-refractivity contribution < 1.29 is 28.2 Å². The summed E-state index contributed by atoms with van der Waals surface area (Å²) in [6, 6.07) is 12.6. The van der Waals surface area contributed by atoms with E-state index < -0.39 is 12.6 Å². The van der Waals surface area contributed by atoms with Crippen molar-refractivity contribution in [3.8, 4) is 11.5 Å². The average molecular weight is 319 g/mol. The number of ether oxygens (including phenoxy) is 2.